The van der Waals surface area contributed by atoms with Gasteiger partial charge >= 0.3 is 5.97 Å². The van der Waals surface area contributed by atoms with Gasteiger partial charge in [0.2, 0.25) is 0 Å². The maximum absolute atomic E-state index is 12.8. The zero-order valence-electron chi connectivity index (χ0n) is 14.2. The van der Waals surface area contributed by atoms with Gasteiger partial charge in [0.25, 0.3) is 11.8 Å². The van der Waals surface area contributed by atoms with Gasteiger partial charge in [0.05, 0.1) is 0 Å². The van der Waals surface area contributed by atoms with Crippen LogP contribution in [0.4, 0.5) is 5.69 Å². The molecule has 0 bridgehead atoms. The first-order valence-electron chi connectivity index (χ1n) is 8.56. The monoisotopic (exact) mass is 352 g/mol. The average molecular weight is 352 g/mol. The van der Waals surface area contributed by atoms with Crippen LogP contribution in [0, 0.1) is 0 Å². The van der Waals surface area contributed by atoms with Crippen molar-refractivity contribution >= 4 is 23.5 Å². The molecule has 2 aromatic rings. The molecule has 0 aliphatic carbocycles. The second-order valence-electron chi connectivity index (χ2n) is 6.25. The molecule has 0 aromatic heterocycles. The summed E-state index contributed by atoms with van der Waals surface area (Å²) in [6, 6.07) is 14.6. The Labute approximate surface area is 151 Å². The summed E-state index contributed by atoms with van der Waals surface area (Å²) in [5.74, 6) is -1.57. The predicted molar refractivity (Wildman–Crippen MR) is 97.1 cm³/mol. The summed E-state index contributed by atoms with van der Waals surface area (Å²) in [6.45, 7) is 0.427. The van der Waals surface area contributed by atoms with Gasteiger partial charge < -0.3 is 15.3 Å². The molecular formula is C20H20N2O4. The smallest absolute Gasteiger partial charge is 0.326 e. The number of likely N-dealkylation sites (tertiary alicyclic amines) is 1. The molecule has 1 saturated heterocycles. The molecule has 1 fully saturated rings. The van der Waals surface area contributed by atoms with Gasteiger partial charge in [-0.25, -0.2) is 4.79 Å². The number of benzene rings is 2. The average Bonchev–Trinajstić information content (AvgIpc) is 2.68. The summed E-state index contributed by atoms with van der Waals surface area (Å²) in [6.07, 6.45) is 2.05. The fourth-order valence-corrected chi connectivity index (χ4v) is 3.12. The first-order chi connectivity index (χ1) is 12.6. The molecule has 6 heteroatoms. The maximum atomic E-state index is 12.8. The normalized spacial score (nSPS) is 16.8. The minimum Gasteiger partial charge on any atom is -0.480 e. The SMILES string of the molecule is O=C(Nc1cccc(C(=O)N2CCCCC2C(=O)O)c1)c1ccccc1. The van der Waals surface area contributed by atoms with Gasteiger partial charge in [0.15, 0.2) is 0 Å². The lowest BCUT2D eigenvalue weighted by atomic mass is 10.0. The van der Waals surface area contributed by atoms with E-state index in [1.807, 2.05) is 6.07 Å². The van der Waals surface area contributed by atoms with E-state index < -0.39 is 12.0 Å². The number of anilines is 1. The zero-order chi connectivity index (χ0) is 18.5. The van der Waals surface area contributed by atoms with Gasteiger partial charge in [-0.15, -0.1) is 0 Å². The first-order valence-corrected chi connectivity index (χ1v) is 8.56. The number of nitrogens with zero attached hydrogens (tertiary/aromatic N) is 1. The van der Waals surface area contributed by atoms with Gasteiger partial charge in [-0.2, -0.15) is 0 Å². The molecule has 1 heterocycles. The summed E-state index contributed by atoms with van der Waals surface area (Å²) < 4.78 is 0. The van der Waals surface area contributed by atoms with Gasteiger partial charge in [-0.1, -0.05) is 24.3 Å². The highest BCUT2D eigenvalue weighted by Gasteiger charge is 2.32. The van der Waals surface area contributed by atoms with E-state index in [9.17, 15) is 19.5 Å². The summed E-state index contributed by atoms with van der Waals surface area (Å²) in [4.78, 5) is 37.9. The Morgan fingerprint density at radius 2 is 1.69 bits per heavy atom. The number of aliphatic carboxylic acids is 1. The van der Waals surface area contributed by atoms with Crippen LogP contribution in [0.1, 0.15) is 40.0 Å². The Hall–Kier alpha value is -3.15. The molecule has 0 spiro atoms. The molecule has 1 aliphatic heterocycles. The van der Waals surface area contributed by atoms with Crippen molar-refractivity contribution in [1.82, 2.24) is 4.90 Å². The molecule has 0 radical (unpaired) electrons. The summed E-state index contributed by atoms with van der Waals surface area (Å²) in [5, 5.41) is 12.1. The van der Waals surface area contributed by atoms with Crippen LogP contribution in [0.5, 0.6) is 0 Å². The number of carboxylic acids is 1. The van der Waals surface area contributed by atoms with Crippen LogP contribution in [-0.2, 0) is 4.79 Å². The van der Waals surface area contributed by atoms with Crippen molar-refractivity contribution in [2.45, 2.75) is 25.3 Å². The molecule has 0 saturated carbocycles. The summed E-state index contributed by atoms with van der Waals surface area (Å²) in [5.41, 5.74) is 1.38. The fraction of sp³-hybridized carbons (Fsp3) is 0.250. The van der Waals surface area contributed by atoms with E-state index in [1.54, 1.807) is 48.5 Å². The van der Waals surface area contributed by atoms with Crippen LogP contribution in [0.3, 0.4) is 0 Å². The molecular weight excluding hydrogens is 332 g/mol. The number of piperidine rings is 1. The Kier molecular flexibility index (Phi) is 5.31. The fourth-order valence-electron chi connectivity index (χ4n) is 3.12. The maximum Gasteiger partial charge on any atom is 0.326 e. The van der Waals surface area contributed by atoms with Crippen LogP contribution in [0.15, 0.2) is 54.6 Å². The van der Waals surface area contributed by atoms with Crippen molar-refractivity contribution in [1.29, 1.82) is 0 Å². The van der Waals surface area contributed by atoms with Crippen molar-refractivity contribution in [3.05, 3.63) is 65.7 Å². The van der Waals surface area contributed by atoms with Crippen molar-refractivity contribution in [3.63, 3.8) is 0 Å². The van der Waals surface area contributed by atoms with Gasteiger partial charge in [-0.3, -0.25) is 9.59 Å². The van der Waals surface area contributed by atoms with E-state index in [2.05, 4.69) is 5.32 Å². The number of nitrogens with one attached hydrogen (secondary N) is 1. The largest absolute Gasteiger partial charge is 0.480 e. The van der Waals surface area contributed by atoms with Crippen LogP contribution in [0.25, 0.3) is 0 Å². The summed E-state index contributed by atoms with van der Waals surface area (Å²) in [7, 11) is 0. The van der Waals surface area contributed by atoms with E-state index in [-0.39, 0.29) is 11.8 Å². The predicted octanol–water partition coefficient (Wildman–Crippen LogP) is 3.02. The Bertz CT molecular complexity index is 820. The van der Waals surface area contributed by atoms with Crippen LogP contribution >= 0.6 is 0 Å². The molecule has 1 unspecified atom stereocenters. The number of carbonyl (C=O) groups excluding carboxylic acids is 2. The molecule has 2 amide bonds. The van der Waals surface area contributed by atoms with E-state index in [1.165, 1.54) is 4.90 Å². The molecule has 1 atom stereocenters. The van der Waals surface area contributed by atoms with Gasteiger partial charge in [-0.05, 0) is 49.6 Å². The molecule has 2 aromatic carbocycles. The Balaban J connectivity index is 1.77. The highest BCUT2D eigenvalue weighted by molar-refractivity contribution is 6.05. The van der Waals surface area contributed by atoms with Crippen LogP contribution < -0.4 is 5.32 Å². The molecule has 1 aliphatic rings. The third kappa shape index (κ3) is 3.91. The second kappa shape index (κ2) is 7.82. The van der Waals surface area contributed by atoms with Crippen molar-refractivity contribution < 1.29 is 19.5 Å². The van der Waals surface area contributed by atoms with Crippen LogP contribution in [-0.4, -0.2) is 40.4 Å². The number of hydrogen-bond acceptors (Lipinski definition) is 3. The van der Waals surface area contributed by atoms with Gasteiger partial charge in [0, 0.05) is 23.4 Å². The van der Waals surface area contributed by atoms with E-state index >= 15 is 0 Å². The van der Waals surface area contributed by atoms with E-state index in [4.69, 9.17) is 0 Å². The van der Waals surface area contributed by atoms with Crippen LogP contribution in [0.2, 0.25) is 0 Å². The van der Waals surface area contributed by atoms with E-state index in [0.29, 0.717) is 29.8 Å². The number of hydrogen-bond donors (Lipinski definition) is 2. The zero-order valence-corrected chi connectivity index (χ0v) is 14.2. The Morgan fingerprint density at radius 1 is 0.962 bits per heavy atom. The van der Waals surface area contributed by atoms with Crippen molar-refractivity contribution in [2.24, 2.45) is 0 Å². The number of carboxylic acid groups (broad SMARTS) is 1. The van der Waals surface area contributed by atoms with Gasteiger partial charge in [0.1, 0.15) is 6.04 Å². The quantitative estimate of drug-likeness (QED) is 0.885. The number of rotatable bonds is 4. The van der Waals surface area contributed by atoms with Crippen molar-refractivity contribution in [3.8, 4) is 0 Å². The minimum atomic E-state index is -0.980. The molecule has 26 heavy (non-hydrogen) atoms. The number of carbonyl (C=O) groups is 3. The number of amides is 2. The lowest BCUT2D eigenvalue weighted by Gasteiger charge is -2.33. The minimum absolute atomic E-state index is 0.267. The Morgan fingerprint density at radius 3 is 2.42 bits per heavy atom. The summed E-state index contributed by atoms with van der Waals surface area (Å²) >= 11 is 0. The lowest BCUT2D eigenvalue weighted by Crippen LogP contribution is -2.48. The van der Waals surface area contributed by atoms with Crippen molar-refractivity contribution in [2.75, 3.05) is 11.9 Å². The molecule has 134 valence electrons. The first kappa shape index (κ1) is 17.7. The highest BCUT2D eigenvalue weighted by Crippen LogP contribution is 2.21. The molecule has 3 rings (SSSR count). The topological polar surface area (TPSA) is 86.7 Å². The van der Waals surface area contributed by atoms with E-state index in [0.717, 1.165) is 12.8 Å². The highest BCUT2D eigenvalue weighted by atomic mass is 16.4. The molecule has 2 N–H and O–H groups in total. The third-order valence-electron chi connectivity index (χ3n) is 4.45. The molecule has 6 nitrogen and oxygen atoms in total. The third-order valence-corrected chi connectivity index (χ3v) is 4.45. The standard InChI is InChI=1S/C20H20N2O4/c23-18(14-7-2-1-3-8-14)21-16-10-6-9-15(13-16)19(24)22-12-5-4-11-17(22)20(25)26/h1-3,6-10,13,17H,4-5,11-12H2,(H,21,23)(H,25,26). The second-order valence-corrected chi connectivity index (χ2v) is 6.25. The lowest BCUT2D eigenvalue weighted by molar-refractivity contribution is -0.143.